The first-order chi connectivity index (χ1) is 15.0. The van der Waals surface area contributed by atoms with Crippen LogP contribution < -0.4 is 9.64 Å². The standard InChI is InChI=1S/C24H21NO6/c1-30-16-8-6-7-15(13-16)21(26)14-31-24(29)19-11-4-5-12-20(19)25-22(27)17-9-2-3-10-18(17)23(25)28/h2-8,11-13,17-18H,9-10,14H2,1H3/t17-,18+. The van der Waals surface area contributed by atoms with Crippen LogP contribution in [0.3, 0.4) is 0 Å². The lowest BCUT2D eigenvalue weighted by Crippen LogP contribution is -2.32. The number of anilines is 1. The zero-order chi connectivity index (χ0) is 22.0. The molecule has 1 aliphatic carbocycles. The van der Waals surface area contributed by atoms with Crippen LogP contribution >= 0.6 is 0 Å². The van der Waals surface area contributed by atoms with Crippen LogP contribution in [0.1, 0.15) is 33.6 Å². The Labute approximate surface area is 179 Å². The fourth-order valence-electron chi connectivity index (χ4n) is 3.97. The van der Waals surface area contributed by atoms with Gasteiger partial charge in [-0.3, -0.25) is 14.4 Å². The summed E-state index contributed by atoms with van der Waals surface area (Å²) >= 11 is 0. The van der Waals surface area contributed by atoms with Crippen molar-refractivity contribution >= 4 is 29.3 Å². The number of ketones is 1. The summed E-state index contributed by atoms with van der Waals surface area (Å²) in [5.74, 6) is -2.09. The molecule has 7 heteroatoms. The number of nitrogens with zero attached hydrogens (tertiary/aromatic N) is 1. The highest BCUT2D eigenvalue weighted by atomic mass is 16.5. The van der Waals surface area contributed by atoms with Crippen LogP contribution in [0, 0.1) is 11.8 Å². The largest absolute Gasteiger partial charge is 0.497 e. The minimum Gasteiger partial charge on any atom is -0.497 e. The number of para-hydroxylation sites is 1. The maximum atomic E-state index is 12.9. The summed E-state index contributed by atoms with van der Waals surface area (Å²) in [5.41, 5.74) is 0.599. The van der Waals surface area contributed by atoms with E-state index in [1.54, 1.807) is 42.5 Å². The first-order valence-electron chi connectivity index (χ1n) is 9.97. The summed E-state index contributed by atoms with van der Waals surface area (Å²) in [7, 11) is 1.49. The number of methoxy groups -OCH3 is 1. The predicted octanol–water partition coefficient (Wildman–Crippen LogP) is 3.19. The van der Waals surface area contributed by atoms with Crippen molar-refractivity contribution in [3.05, 3.63) is 71.8 Å². The van der Waals surface area contributed by atoms with Gasteiger partial charge in [0, 0.05) is 5.56 Å². The summed E-state index contributed by atoms with van der Waals surface area (Å²) in [6, 6.07) is 12.8. The molecular formula is C24H21NO6. The molecule has 1 heterocycles. The molecule has 2 aromatic carbocycles. The highest BCUT2D eigenvalue weighted by molar-refractivity contribution is 6.24. The Balaban J connectivity index is 1.52. The molecular weight excluding hydrogens is 398 g/mol. The second-order valence-corrected chi connectivity index (χ2v) is 7.42. The molecule has 0 bridgehead atoms. The van der Waals surface area contributed by atoms with E-state index in [9.17, 15) is 19.2 Å². The van der Waals surface area contributed by atoms with E-state index in [0.29, 0.717) is 24.2 Å². The lowest BCUT2D eigenvalue weighted by Gasteiger charge is -2.18. The van der Waals surface area contributed by atoms with Gasteiger partial charge in [-0.1, -0.05) is 36.4 Å². The third kappa shape index (κ3) is 3.86. The second-order valence-electron chi connectivity index (χ2n) is 7.42. The summed E-state index contributed by atoms with van der Waals surface area (Å²) in [6.07, 6.45) is 4.82. The van der Waals surface area contributed by atoms with E-state index in [2.05, 4.69) is 0 Å². The lowest BCUT2D eigenvalue weighted by atomic mass is 9.85. The summed E-state index contributed by atoms with van der Waals surface area (Å²) in [4.78, 5) is 52.0. The van der Waals surface area contributed by atoms with Crippen molar-refractivity contribution in [2.24, 2.45) is 11.8 Å². The number of esters is 1. The molecule has 158 valence electrons. The molecule has 1 aliphatic heterocycles. The van der Waals surface area contributed by atoms with Crippen LogP contribution in [0.25, 0.3) is 0 Å². The number of hydrogen-bond donors (Lipinski definition) is 0. The molecule has 1 fully saturated rings. The fraction of sp³-hybridized carbons (Fsp3) is 0.250. The quantitative estimate of drug-likeness (QED) is 0.309. The number of ether oxygens (including phenoxy) is 2. The van der Waals surface area contributed by atoms with Gasteiger partial charge in [0.15, 0.2) is 12.4 Å². The third-order valence-electron chi connectivity index (χ3n) is 5.60. The number of carbonyl (C=O) groups excluding carboxylic acids is 4. The van der Waals surface area contributed by atoms with Crippen molar-refractivity contribution in [3.8, 4) is 5.75 Å². The van der Waals surface area contributed by atoms with E-state index in [1.165, 1.54) is 13.2 Å². The molecule has 2 aliphatic rings. The number of carbonyl (C=O) groups is 4. The van der Waals surface area contributed by atoms with E-state index < -0.39 is 30.2 Å². The Kier molecular flexibility index (Phi) is 5.66. The Hall–Kier alpha value is -3.74. The van der Waals surface area contributed by atoms with E-state index >= 15 is 0 Å². The number of fused-ring (bicyclic) bond motifs is 1. The van der Waals surface area contributed by atoms with Crippen molar-refractivity contribution in [1.82, 2.24) is 0 Å². The third-order valence-corrected chi connectivity index (χ3v) is 5.60. The molecule has 0 aromatic heterocycles. The van der Waals surface area contributed by atoms with Crippen LogP contribution in [0.4, 0.5) is 5.69 Å². The van der Waals surface area contributed by atoms with Gasteiger partial charge in [0.2, 0.25) is 11.8 Å². The number of benzene rings is 2. The van der Waals surface area contributed by atoms with Crippen LogP contribution in [0.5, 0.6) is 5.75 Å². The number of Topliss-reactive ketones (excluding diaryl/α,β-unsaturated/α-hetero) is 1. The van der Waals surface area contributed by atoms with E-state index in [-0.39, 0.29) is 23.1 Å². The highest BCUT2D eigenvalue weighted by Crippen LogP contribution is 2.38. The SMILES string of the molecule is COc1cccc(C(=O)COC(=O)c2ccccc2N2C(=O)[C@H]3CC=CC[C@H]3C2=O)c1. The molecule has 0 saturated carbocycles. The molecule has 31 heavy (non-hydrogen) atoms. The van der Waals surface area contributed by atoms with Crippen LogP contribution in [0.2, 0.25) is 0 Å². The monoisotopic (exact) mass is 419 g/mol. The Morgan fingerprint density at radius 1 is 0.968 bits per heavy atom. The van der Waals surface area contributed by atoms with Gasteiger partial charge in [0.1, 0.15) is 5.75 Å². The second kappa shape index (κ2) is 8.55. The molecule has 2 atom stereocenters. The fourth-order valence-corrected chi connectivity index (χ4v) is 3.97. The topological polar surface area (TPSA) is 90.0 Å². The Morgan fingerprint density at radius 2 is 1.65 bits per heavy atom. The van der Waals surface area contributed by atoms with Crippen LogP contribution in [-0.2, 0) is 14.3 Å². The molecule has 2 amide bonds. The van der Waals surface area contributed by atoms with Crippen LogP contribution in [-0.4, -0.2) is 37.3 Å². The van der Waals surface area contributed by atoms with E-state index in [1.807, 2.05) is 12.2 Å². The van der Waals surface area contributed by atoms with Gasteiger partial charge in [-0.25, -0.2) is 9.69 Å². The minimum absolute atomic E-state index is 0.0641. The Bertz CT molecular complexity index is 1060. The number of hydrogen-bond acceptors (Lipinski definition) is 6. The molecule has 0 unspecified atom stereocenters. The van der Waals surface area contributed by atoms with Crippen molar-refractivity contribution in [2.75, 3.05) is 18.6 Å². The van der Waals surface area contributed by atoms with Crippen molar-refractivity contribution in [1.29, 1.82) is 0 Å². The van der Waals surface area contributed by atoms with Crippen LogP contribution in [0.15, 0.2) is 60.7 Å². The molecule has 4 rings (SSSR count). The molecule has 0 N–H and O–H groups in total. The predicted molar refractivity (Wildman–Crippen MR) is 112 cm³/mol. The zero-order valence-electron chi connectivity index (χ0n) is 16.9. The Morgan fingerprint density at radius 3 is 2.32 bits per heavy atom. The van der Waals surface area contributed by atoms with Gasteiger partial charge < -0.3 is 9.47 Å². The molecule has 1 saturated heterocycles. The van der Waals surface area contributed by atoms with Gasteiger partial charge in [0.25, 0.3) is 0 Å². The van der Waals surface area contributed by atoms with E-state index in [4.69, 9.17) is 9.47 Å². The minimum atomic E-state index is -0.777. The van der Waals surface area contributed by atoms with Gasteiger partial charge in [-0.05, 0) is 37.1 Å². The molecule has 2 aromatic rings. The highest BCUT2D eigenvalue weighted by Gasteiger charge is 2.48. The number of imide groups is 1. The van der Waals surface area contributed by atoms with Crippen molar-refractivity contribution in [2.45, 2.75) is 12.8 Å². The van der Waals surface area contributed by atoms with E-state index in [0.717, 1.165) is 4.90 Å². The van der Waals surface area contributed by atoms with Crippen molar-refractivity contribution in [3.63, 3.8) is 0 Å². The summed E-state index contributed by atoms with van der Waals surface area (Å²) in [5, 5.41) is 0. The average Bonchev–Trinajstić information content (AvgIpc) is 3.07. The number of allylic oxidation sites excluding steroid dienone is 2. The van der Waals surface area contributed by atoms with Gasteiger partial charge in [-0.2, -0.15) is 0 Å². The number of amides is 2. The smallest absolute Gasteiger partial charge is 0.340 e. The zero-order valence-corrected chi connectivity index (χ0v) is 16.9. The van der Waals surface area contributed by atoms with Crippen molar-refractivity contribution < 1.29 is 28.7 Å². The van der Waals surface area contributed by atoms with Gasteiger partial charge in [-0.15, -0.1) is 0 Å². The first-order valence-corrected chi connectivity index (χ1v) is 9.97. The van der Waals surface area contributed by atoms with Gasteiger partial charge >= 0.3 is 5.97 Å². The lowest BCUT2D eigenvalue weighted by molar-refractivity contribution is -0.122. The average molecular weight is 419 g/mol. The summed E-state index contributed by atoms with van der Waals surface area (Å²) in [6.45, 7) is -0.475. The molecule has 0 spiro atoms. The normalized spacial score (nSPS) is 19.8. The van der Waals surface area contributed by atoms with Gasteiger partial charge in [0.05, 0.1) is 30.2 Å². The summed E-state index contributed by atoms with van der Waals surface area (Å²) < 4.78 is 10.3. The number of rotatable bonds is 6. The molecule has 0 radical (unpaired) electrons. The first kappa shape index (κ1) is 20.5. The molecule has 7 nitrogen and oxygen atoms in total. The maximum Gasteiger partial charge on any atom is 0.340 e. The maximum absolute atomic E-state index is 12.9.